The summed E-state index contributed by atoms with van der Waals surface area (Å²) in [5.74, 6) is 0. The number of amides is 2. The number of nitrogens with zero attached hydrogens (tertiary/aromatic N) is 2. The molecule has 1 unspecified atom stereocenters. The van der Waals surface area contributed by atoms with Gasteiger partial charge >= 0.3 is 6.03 Å². The Balaban J connectivity index is 1.68. The predicted octanol–water partition coefficient (Wildman–Crippen LogP) is 1.84. The van der Waals surface area contributed by atoms with Crippen molar-refractivity contribution < 1.29 is 13.2 Å². The molecule has 1 aromatic rings. The number of urea groups is 1. The van der Waals surface area contributed by atoms with Gasteiger partial charge in [0, 0.05) is 30.7 Å². The number of fused-ring (bicyclic) bond motifs is 1. The van der Waals surface area contributed by atoms with Crippen LogP contribution < -0.4 is 10.2 Å². The summed E-state index contributed by atoms with van der Waals surface area (Å²) in [6.07, 6.45) is 3.55. The quantitative estimate of drug-likeness (QED) is 0.878. The Morgan fingerprint density at radius 2 is 2.13 bits per heavy atom. The van der Waals surface area contributed by atoms with Crippen molar-refractivity contribution >= 4 is 33.3 Å². The van der Waals surface area contributed by atoms with Crippen LogP contribution in [0.2, 0.25) is 5.02 Å². The SMILES string of the molecule is CS(=O)(=O)N1CCCC(NC(=O)N2CCc3ccc(Cl)cc32)C1. The first-order valence-corrected chi connectivity index (χ1v) is 9.89. The molecular formula is C15H20ClN3O3S. The Morgan fingerprint density at radius 3 is 2.87 bits per heavy atom. The zero-order valence-electron chi connectivity index (χ0n) is 13.0. The Bertz CT molecular complexity index is 723. The topological polar surface area (TPSA) is 69.7 Å². The second kappa shape index (κ2) is 6.30. The number of carbonyl (C=O) groups excluding carboxylic acids is 1. The van der Waals surface area contributed by atoms with Gasteiger partial charge in [-0.3, -0.25) is 4.90 Å². The van der Waals surface area contributed by atoms with Crippen molar-refractivity contribution in [3.63, 3.8) is 0 Å². The van der Waals surface area contributed by atoms with Crippen LogP contribution in [0.4, 0.5) is 10.5 Å². The Morgan fingerprint density at radius 1 is 1.35 bits per heavy atom. The van der Waals surface area contributed by atoms with Gasteiger partial charge in [0.05, 0.1) is 11.9 Å². The van der Waals surface area contributed by atoms with Gasteiger partial charge in [-0.15, -0.1) is 0 Å². The predicted molar refractivity (Wildman–Crippen MR) is 90.5 cm³/mol. The Kier molecular flexibility index (Phi) is 4.53. The van der Waals surface area contributed by atoms with E-state index >= 15 is 0 Å². The number of nitrogens with one attached hydrogen (secondary N) is 1. The van der Waals surface area contributed by atoms with Crippen LogP contribution in [0.5, 0.6) is 0 Å². The summed E-state index contributed by atoms with van der Waals surface area (Å²) in [6, 6.07) is 5.22. The second-order valence-corrected chi connectivity index (χ2v) is 8.50. The van der Waals surface area contributed by atoms with E-state index in [1.54, 1.807) is 11.0 Å². The van der Waals surface area contributed by atoms with Gasteiger partial charge in [-0.05, 0) is 37.0 Å². The number of carbonyl (C=O) groups is 1. The average molecular weight is 358 g/mol. The molecule has 8 heteroatoms. The van der Waals surface area contributed by atoms with Gasteiger partial charge in [0.25, 0.3) is 0 Å². The fourth-order valence-electron chi connectivity index (χ4n) is 3.18. The van der Waals surface area contributed by atoms with Gasteiger partial charge in [-0.25, -0.2) is 17.5 Å². The largest absolute Gasteiger partial charge is 0.334 e. The summed E-state index contributed by atoms with van der Waals surface area (Å²) < 4.78 is 24.8. The molecule has 0 aromatic heterocycles. The minimum absolute atomic E-state index is 0.158. The lowest BCUT2D eigenvalue weighted by Crippen LogP contribution is -2.52. The highest BCUT2D eigenvalue weighted by Gasteiger charge is 2.30. The van der Waals surface area contributed by atoms with Crippen LogP contribution >= 0.6 is 11.6 Å². The van der Waals surface area contributed by atoms with Crippen molar-refractivity contribution in [2.45, 2.75) is 25.3 Å². The van der Waals surface area contributed by atoms with E-state index in [0.717, 1.165) is 30.5 Å². The van der Waals surface area contributed by atoms with Crippen LogP contribution in [0, 0.1) is 0 Å². The van der Waals surface area contributed by atoms with Crippen LogP contribution in [0.3, 0.4) is 0 Å². The highest BCUT2D eigenvalue weighted by Crippen LogP contribution is 2.30. The zero-order chi connectivity index (χ0) is 16.6. The van der Waals surface area contributed by atoms with Crippen molar-refractivity contribution in [3.8, 4) is 0 Å². The molecule has 0 radical (unpaired) electrons. The summed E-state index contributed by atoms with van der Waals surface area (Å²) in [4.78, 5) is 14.2. The van der Waals surface area contributed by atoms with Crippen LogP contribution in [0.15, 0.2) is 18.2 Å². The van der Waals surface area contributed by atoms with Crippen LogP contribution in [-0.4, -0.2) is 50.7 Å². The first-order chi connectivity index (χ1) is 10.8. The second-order valence-electron chi connectivity index (χ2n) is 6.08. The molecule has 0 aliphatic carbocycles. The third-order valence-corrected chi connectivity index (χ3v) is 5.87. The van der Waals surface area contributed by atoms with Crippen molar-refractivity contribution in [1.29, 1.82) is 0 Å². The molecule has 2 amide bonds. The molecule has 126 valence electrons. The number of piperidine rings is 1. The van der Waals surface area contributed by atoms with Crippen LogP contribution in [-0.2, 0) is 16.4 Å². The van der Waals surface area contributed by atoms with Gasteiger partial charge in [-0.2, -0.15) is 0 Å². The van der Waals surface area contributed by atoms with Gasteiger partial charge in [0.15, 0.2) is 0 Å². The number of anilines is 1. The third kappa shape index (κ3) is 3.62. The molecule has 0 spiro atoms. The molecule has 1 N–H and O–H groups in total. The highest BCUT2D eigenvalue weighted by molar-refractivity contribution is 7.88. The number of sulfonamides is 1. The van der Waals surface area contributed by atoms with Gasteiger partial charge < -0.3 is 5.32 Å². The maximum atomic E-state index is 12.5. The van der Waals surface area contributed by atoms with Gasteiger partial charge in [-0.1, -0.05) is 17.7 Å². The Labute approximate surface area is 141 Å². The van der Waals surface area contributed by atoms with E-state index in [0.29, 0.717) is 24.7 Å². The number of hydrogen-bond donors (Lipinski definition) is 1. The summed E-state index contributed by atoms with van der Waals surface area (Å²) in [6.45, 7) is 1.47. The summed E-state index contributed by atoms with van der Waals surface area (Å²) >= 11 is 6.02. The molecule has 3 rings (SSSR count). The minimum atomic E-state index is -3.22. The van der Waals surface area contributed by atoms with Crippen LogP contribution in [0.1, 0.15) is 18.4 Å². The molecule has 23 heavy (non-hydrogen) atoms. The first-order valence-electron chi connectivity index (χ1n) is 7.66. The summed E-state index contributed by atoms with van der Waals surface area (Å²) in [5, 5.41) is 3.56. The summed E-state index contributed by atoms with van der Waals surface area (Å²) in [7, 11) is -3.22. The van der Waals surface area contributed by atoms with E-state index in [2.05, 4.69) is 5.32 Å². The number of benzene rings is 1. The van der Waals surface area contributed by atoms with Gasteiger partial charge in [0.2, 0.25) is 10.0 Å². The standard InChI is InChI=1S/C15H20ClN3O3S/c1-23(21,22)18-7-2-3-13(10-18)17-15(20)19-8-6-11-4-5-12(16)9-14(11)19/h4-5,9,13H,2-3,6-8,10H2,1H3,(H,17,20). The lowest BCUT2D eigenvalue weighted by Gasteiger charge is -2.32. The lowest BCUT2D eigenvalue weighted by atomic mass is 10.1. The van der Waals surface area contributed by atoms with E-state index in [9.17, 15) is 13.2 Å². The monoisotopic (exact) mass is 357 g/mol. The third-order valence-electron chi connectivity index (χ3n) is 4.37. The number of hydrogen-bond acceptors (Lipinski definition) is 3. The van der Waals surface area contributed by atoms with E-state index in [-0.39, 0.29) is 12.1 Å². The molecule has 1 aromatic carbocycles. The van der Waals surface area contributed by atoms with Crippen molar-refractivity contribution in [2.24, 2.45) is 0 Å². The molecule has 1 saturated heterocycles. The molecule has 1 atom stereocenters. The molecule has 2 aliphatic heterocycles. The molecule has 2 aliphatic rings. The number of halogens is 1. The summed E-state index contributed by atoms with van der Waals surface area (Å²) in [5.41, 5.74) is 1.94. The lowest BCUT2D eigenvalue weighted by molar-refractivity contribution is 0.231. The fraction of sp³-hybridized carbons (Fsp3) is 0.533. The van der Waals surface area contributed by atoms with Crippen LogP contribution in [0.25, 0.3) is 0 Å². The first kappa shape index (κ1) is 16.5. The minimum Gasteiger partial charge on any atom is -0.334 e. The van der Waals surface area contributed by atoms with Crippen molar-refractivity contribution in [1.82, 2.24) is 9.62 Å². The smallest absolute Gasteiger partial charge is 0.322 e. The zero-order valence-corrected chi connectivity index (χ0v) is 14.5. The maximum absolute atomic E-state index is 12.5. The molecule has 0 bridgehead atoms. The van der Waals surface area contributed by atoms with Gasteiger partial charge in [0.1, 0.15) is 0 Å². The molecule has 1 fully saturated rings. The average Bonchev–Trinajstić information content (AvgIpc) is 2.89. The van der Waals surface area contributed by atoms with E-state index in [4.69, 9.17) is 11.6 Å². The van der Waals surface area contributed by atoms with Crippen molar-refractivity contribution in [2.75, 3.05) is 30.8 Å². The number of rotatable bonds is 2. The fourth-order valence-corrected chi connectivity index (χ4v) is 4.26. The molecular weight excluding hydrogens is 338 g/mol. The maximum Gasteiger partial charge on any atom is 0.322 e. The normalized spacial score (nSPS) is 22.0. The Hall–Kier alpha value is -1.31. The highest BCUT2D eigenvalue weighted by atomic mass is 35.5. The molecule has 0 saturated carbocycles. The van der Waals surface area contributed by atoms with E-state index in [1.165, 1.54) is 10.6 Å². The molecule has 6 nitrogen and oxygen atoms in total. The van der Waals surface area contributed by atoms with E-state index < -0.39 is 10.0 Å². The van der Waals surface area contributed by atoms with E-state index in [1.807, 2.05) is 12.1 Å². The molecule has 2 heterocycles. The van der Waals surface area contributed by atoms with Crippen molar-refractivity contribution in [3.05, 3.63) is 28.8 Å².